The van der Waals surface area contributed by atoms with E-state index in [9.17, 15) is 4.79 Å². The van der Waals surface area contributed by atoms with E-state index in [-0.39, 0.29) is 29.8 Å². The second-order valence-corrected chi connectivity index (χ2v) is 7.23. The summed E-state index contributed by atoms with van der Waals surface area (Å²) < 4.78 is 1.05. The quantitative estimate of drug-likeness (QED) is 0.833. The number of hydrogen-bond donors (Lipinski definition) is 2. The Balaban J connectivity index is 0.00000176. The summed E-state index contributed by atoms with van der Waals surface area (Å²) in [4.78, 5) is 13.0. The van der Waals surface area contributed by atoms with Crippen molar-refractivity contribution in [3.8, 4) is 0 Å². The summed E-state index contributed by atoms with van der Waals surface area (Å²) in [7, 11) is 0. The molecule has 0 bridgehead atoms. The van der Waals surface area contributed by atoms with E-state index in [1.54, 1.807) is 0 Å². The zero-order valence-corrected chi connectivity index (χ0v) is 15.1. The van der Waals surface area contributed by atoms with E-state index in [1.165, 1.54) is 0 Å². The Bertz CT molecular complexity index is 511. The molecule has 2 N–H and O–H groups in total. The number of carbonyl (C=O) groups is 1. The zero-order chi connectivity index (χ0) is 14.7. The molecule has 3 rings (SSSR count). The molecule has 1 unspecified atom stereocenters. The second kappa shape index (κ2) is 7.80. The van der Waals surface area contributed by atoms with Crippen LogP contribution in [-0.4, -0.2) is 25.0 Å². The van der Waals surface area contributed by atoms with Gasteiger partial charge in [-0.25, -0.2) is 0 Å². The summed E-state index contributed by atoms with van der Waals surface area (Å²) >= 11 is 3.54. The molecule has 1 heterocycles. The first-order valence-corrected chi connectivity index (χ1v) is 8.78. The molecule has 22 heavy (non-hydrogen) atoms. The number of piperidine rings is 1. The van der Waals surface area contributed by atoms with Crippen LogP contribution in [0, 0.1) is 0 Å². The Hall–Kier alpha value is -0.580. The van der Waals surface area contributed by atoms with E-state index in [1.807, 2.05) is 12.1 Å². The third-order valence-corrected chi connectivity index (χ3v) is 5.39. The van der Waals surface area contributed by atoms with Gasteiger partial charge in [0, 0.05) is 17.1 Å². The molecule has 122 valence electrons. The fraction of sp³-hybridized carbons (Fsp3) is 0.588. The summed E-state index contributed by atoms with van der Waals surface area (Å²) in [6, 6.07) is 8.57. The van der Waals surface area contributed by atoms with Gasteiger partial charge in [-0.1, -0.05) is 40.9 Å². The molecular formula is C17H24BrClN2O. The van der Waals surface area contributed by atoms with Gasteiger partial charge in [0.1, 0.15) is 0 Å². The van der Waals surface area contributed by atoms with Crippen molar-refractivity contribution in [2.45, 2.75) is 50.0 Å². The van der Waals surface area contributed by atoms with Crippen LogP contribution < -0.4 is 10.6 Å². The molecule has 2 aliphatic rings. The zero-order valence-electron chi connectivity index (χ0n) is 12.7. The highest BCUT2D eigenvalue weighted by Crippen LogP contribution is 2.42. The highest BCUT2D eigenvalue weighted by molar-refractivity contribution is 9.10. The molecule has 0 radical (unpaired) electrons. The highest BCUT2D eigenvalue weighted by atomic mass is 79.9. The Morgan fingerprint density at radius 2 is 2.05 bits per heavy atom. The highest BCUT2D eigenvalue weighted by Gasteiger charge is 2.43. The number of carbonyl (C=O) groups excluding carboxylic acids is 1. The van der Waals surface area contributed by atoms with E-state index in [2.05, 4.69) is 38.7 Å². The van der Waals surface area contributed by atoms with Gasteiger partial charge in [0.2, 0.25) is 5.91 Å². The number of halogens is 2. The lowest BCUT2D eigenvalue weighted by atomic mass is 9.77. The van der Waals surface area contributed by atoms with Crippen LogP contribution in [0.25, 0.3) is 0 Å². The van der Waals surface area contributed by atoms with Crippen molar-refractivity contribution in [1.82, 2.24) is 10.6 Å². The Morgan fingerprint density at radius 1 is 1.27 bits per heavy atom. The second-order valence-electron chi connectivity index (χ2n) is 6.32. The molecule has 1 aliphatic carbocycles. The number of nitrogens with one attached hydrogen (secondary N) is 2. The van der Waals surface area contributed by atoms with Crippen molar-refractivity contribution in [2.24, 2.45) is 0 Å². The minimum Gasteiger partial charge on any atom is -0.351 e. The van der Waals surface area contributed by atoms with Gasteiger partial charge >= 0.3 is 0 Å². The molecular weight excluding hydrogens is 364 g/mol. The van der Waals surface area contributed by atoms with Crippen molar-refractivity contribution in [2.75, 3.05) is 13.1 Å². The van der Waals surface area contributed by atoms with Gasteiger partial charge in [0.25, 0.3) is 0 Å². The van der Waals surface area contributed by atoms with E-state index in [0.717, 1.165) is 61.7 Å². The first-order chi connectivity index (χ1) is 10.2. The van der Waals surface area contributed by atoms with Gasteiger partial charge in [-0.15, -0.1) is 12.4 Å². The smallest absolute Gasteiger partial charge is 0.230 e. The lowest BCUT2D eigenvalue weighted by Gasteiger charge is -2.32. The largest absolute Gasteiger partial charge is 0.351 e. The molecule has 0 aromatic heterocycles. The van der Waals surface area contributed by atoms with Crippen LogP contribution in [0.1, 0.15) is 44.1 Å². The first-order valence-electron chi connectivity index (χ1n) is 7.98. The van der Waals surface area contributed by atoms with Gasteiger partial charge in [-0.2, -0.15) is 0 Å². The predicted molar refractivity (Wildman–Crippen MR) is 95.6 cm³/mol. The Kier molecular flexibility index (Phi) is 6.30. The summed E-state index contributed by atoms with van der Waals surface area (Å²) in [5.74, 6) is 0.229. The minimum absolute atomic E-state index is 0. The Labute approximate surface area is 147 Å². The van der Waals surface area contributed by atoms with Crippen molar-refractivity contribution >= 4 is 34.2 Å². The SMILES string of the molecule is Cl.O=C(NC1CCCNC1)C1(c2cccc(Br)c2)CCCC1. The van der Waals surface area contributed by atoms with Gasteiger partial charge < -0.3 is 10.6 Å². The maximum absolute atomic E-state index is 13.0. The van der Waals surface area contributed by atoms with Crippen LogP contribution in [0.2, 0.25) is 0 Å². The minimum atomic E-state index is -0.318. The molecule has 1 saturated heterocycles. The number of rotatable bonds is 3. The molecule has 1 aromatic carbocycles. The standard InChI is InChI=1S/C17H23BrN2O.ClH/c18-14-6-3-5-13(11-14)17(8-1-2-9-17)16(21)20-15-7-4-10-19-12-15;/h3,5-6,11,15,19H,1-2,4,7-10,12H2,(H,20,21);1H. The lowest BCUT2D eigenvalue weighted by molar-refractivity contribution is -0.127. The molecule has 3 nitrogen and oxygen atoms in total. The van der Waals surface area contributed by atoms with Gasteiger partial charge in [0.15, 0.2) is 0 Å². The van der Waals surface area contributed by atoms with Gasteiger partial charge in [0.05, 0.1) is 5.41 Å². The van der Waals surface area contributed by atoms with Crippen LogP contribution in [0.5, 0.6) is 0 Å². The van der Waals surface area contributed by atoms with E-state index in [4.69, 9.17) is 0 Å². The van der Waals surface area contributed by atoms with E-state index >= 15 is 0 Å². The molecule has 0 spiro atoms. The fourth-order valence-corrected chi connectivity index (χ4v) is 4.11. The van der Waals surface area contributed by atoms with Gasteiger partial charge in [-0.05, 0) is 49.9 Å². The van der Waals surface area contributed by atoms with Crippen molar-refractivity contribution in [1.29, 1.82) is 0 Å². The van der Waals surface area contributed by atoms with Crippen LogP contribution in [0.3, 0.4) is 0 Å². The van der Waals surface area contributed by atoms with Crippen LogP contribution >= 0.6 is 28.3 Å². The van der Waals surface area contributed by atoms with Crippen LogP contribution in [0.15, 0.2) is 28.7 Å². The van der Waals surface area contributed by atoms with Crippen LogP contribution in [-0.2, 0) is 10.2 Å². The van der Waals surface area contributed by atoms with Crippen molar-refractivity contribution in [3.63, 3.8) is 0 Å². The monoisotopic (exact) mass is 386 g/mol. The molecule has 2 fully saturated rings. The molecule has 1 amide bonds. The summed E-state index contributed by atoms with van der Waals surface area (Å²) in [6.07, 6.45) is 6.46. The first kappa shape index (κ1) is 17.8. The van der Waals surface area contributed by atoms with Crippen molar-refractivity contribution in [3.05, 3.63) is 34.3 Å². The normalized spacial score (nSPS) is 23.6. The summed E-state index contributed by atoms with van der Waals surface area (Å²) in [5, 5.41) is 6.67. The molecule has 5 heteroatoms. The van der Waals surface area contributed by atoms with E-state index < -0.39 is 0 Å². The lowest BCUT2D eigenvalue weighted by Crippen LogP contribution is -2.51. The molecule has 1 aromatic rings. The maximum Gasteiger partial charge on any atom is 0.230 e. The maximum atomic E-state index is 13.0. The number of hydrogen-bond acceptors (Lipinski definition) is 2. The number of benzene rings is 1. The predicted octanol–water partition coefficient (Wildman–Crippen LogP) is 3.55. The Morgan fingerprint density at radius 3 is 2.68 bits per heavy atom. The molecule has 1 aliphatic heterocycles. The topological polar surface area (TPSA) is 41.1 Å². The summed E-state index contributed by atoms with van der Waals surface area (Å²) in [5.41, 5.74) is 0.844. The van der Waals surface area contributed by atoms with Crippen molar-refractivity contribution < 1.29 is 4.79 Å². The fourth-order valence-electron chi connectivity index (χ4n) is 3.71. The summed E-state index contributed by atoms with van der Waals surface area (Å²) in [6.45, 7) is 1.98. The van der Waals surface area contributed by atoms with Gasteiger partial charge in [-0.3, -0.25) is 4.79 Å². The third kappa shape index (κ3) is 3.66. The van der Waals surface area contributed by atoms with Crippen LogP contribution in [0.4, 0.5) is 0 Å². The average molecular weight is 388 g/mol. The average Bonchev–Trinajstić information content (AvgIpc) is 2.99. The van der Waals surface area contributed by atoms with E-state index in [0.29, 0.717) is 0 Å². The third-order valence-electron chi connectivity index (χ3n) is 4.90. The molecule has 1 atom stereocenters. The number of amides is 1. The molecule has 1 saturated carbocycles.